The van der Waals surface area contributed by atoms with E-state index in [0.29, 0.717) is 22.8 Å². The first-order valence-corrected chi connectivity index (χ1v) is 6.83. The molecule has 0 fully saturated rings. The average molecular weight is 301 g/mol. The first-order chi connectivity index (χ1) is 10.6. The van der Waals surface area contributed by atoms with Crippen molar-refractivity contribution < 1.29 is 14.6 Å². The Morgan fingerprint density at radius 1 is 1.50 bits per heavy atom. The van der Waals surface area contributed by atoms with E-state index in [-0.39, 0.29) is 12.4 Å². The summed E-state index contributed by atoms with van der Waals surface area (Å²) in [5.41, 5.74) is 1.72. The number of nitrogens with one attached hydrogen (secondary N) is 1. The van der Waals surface area contributed by atoms with Crippen molar-refractivity contribution in [3.63, 3.8) is 0 Å². The second-order valence-electron chi connectivity index (χ2n) is 4.83. The van der Waals surface area contributed by atoms with Crippen LogP contribution in [0.2, 0.25) is 0 Å². The van der Waals surface area contributed by atoms with Gasteiger partial charge in [-0.1, -0.05) is 17.2 Å². The summed E-state index contributed by atoms with van der Waals surface area (Å²) in [5, 5.41) is 24.2. The lowest BCUT2D eigenvalue weighted by Gasteiger charge is -2.27. The van der Waals surface area contributed by atoms with Crippen molar-refractivity contribution in [2.24, 2.45) is 0 Å². The molecular formula is C14H15N5O3. The summed E-state index contributed by atoms with van der Waals surface area (Å²) in [7, 11) is 0. The number of ether oxygens (including phenoxy) is 1. The molecule has 0 amide bonds. The van der Waals surface area contributed by atoms with E-state index >= 15 is 0 Å². The Hall–Kier alpha value is -2.90. The third-order valence-corrected chi connectivity index (χ3v) is 3.40. The monoisotopic (exact) mass is 301 g/mol. The van der Waals surface area contributed by atoms with Crippen molar-refractivity contribution in [2.45, 2.75) is 19.9 Å². The lowest BCUT2D eigenvalue weighted by Crippen LogP contribution is -2.29. The van der Waals surface area contributed by atoms with Crippen molar-refractivity contribution >= 4 is 11.9 Å². The SMILES string of the molecule is CCOC(=O)C1=C(C)Nc2nnnn2C1c1cccc(O)c1. The molecule has 1 aliphatic rings. The Morgan fingerprint density at radius 3 is 3.05 bits per heavy atom. The minimum atomic E-state index is -0.558. The van der Waals surface area contributed by atoms with Crippen molar-refractivity contribution in [3.05, 3.63) is 41.1 Å². The minimum absolute atomic E-state index is 0.103. The third kappa shape index (κ3) is 2.28. The zero-order valence-corrected chi connectivity index (χ0v) is 12.1. The first-order valence-electron chi connectivity index (χ1n) is 6.83. The van der Waals surface area contributed by atoms with Gasteiger partial charge in [-0.3, -0.25) is 0 Å². The highest BCUT2D eigenvalue weighted by molar-refractivity contribution is 5.92. The number of phenolic OH excluding ortho intramolecular Hbond substituents is 1. The molecule has 114 valence electrons. The molecule has 3 rings (SSSR count). The summed E-state index contributed by atoms with van der Waals surface area (Å²) >= 11 is 0. The Balaban J connectivity index is 2.15. The number of nitrogens with zero attached hydrogens (tertiary/aromatic N) is 4. The molecule has 1 aromatic heterocycles. The number of esters is 1. The Morgan fingerprint density at radius 2 is 2.32 bits per heavy atom. The average Bonchev–Trinajstić information content (AvgIpc) is 2.93. The summed E-state index contributed by atoms with van der Waals surface area (Å²) in [6.45, 7) is 3.78. The van der Waals surface area contributed by atoms with Gasteiger partial charge in [-0.2, -0.15) is 4.68 Å². The summed E-state index contributed by atoms with van der Waals surface area (Å²) in [5.74, 6) is 0.0902. The van der Waals surface area contributed by atoms with Gasteiger partial charge in [0.25, 0.3) is 0 Å². The van der Waals surface area contributed by atoms with E-state index in [1.54, 1.807) is 38.1 Å². The maximum Gasteiger partial charge on any atom is 0.338 e. The van der Waals surface area contributed by atoms with E-state index in [9.17, 15) is 9.90 Å². The van der Waals surface area contributed by atoms with Crippen molar-refractivity contribution in [1.29, 1.82) is 0 Å². The number of allylic oxidation sites excluding steroid dienone is 1. The second-order valence-corrected chi connectivity index (χ2v) is 4.83. The van der Waals surface area contributed by atoms with E-state index in [2.05, 4.69) is 20.8 Å². The second kappa shape index (κ2) is 5.47. The van der Waals surface area contributed by atoms with Gasteiger partial charge < -0.3 is 15.2 Å². The van der Waals surface area contributed by atoms with Crippen LogP contribution < -0.4 is 5.32 Å². The Bertz CT molecular complexity index is 752. The number of tetrazole rings is 1. The number of aromatic hydroxyl groups is 1. The molecule has 1 aromatic carbocycles. The van der Waals surface area contributed by atoms with Gasteiger partial charge in [0, 0.05) is 5.70 Å². The molecular weight excluding hydrogens is 286 g/mol. The van der Waals surface area contributed by atoms with Crippen LogP contribution in [-0.2, 0) is 9.53 Å². The van der Waals surface area contributed by atoms with Crippen LogP contribution in [0.15, 0.2) is 35.5 Å². The molecule has 1 atom stereocenters. The lowest BCUT2D eigenvalue weighted by molar-refractivity contribution is -0.139. The van der Waals surface area contributed by atoms with Crippen LogP contribution in [0.25, 0.3) is 0 Å². The van der Waals surface area contributed by atoms with Crippen LogP contribution in [0.5, 0.6) is 5.75 Å². The Labute approximate surface area is 126 Å². The molecule has 2 aromatic rings. The molecule has 0 aliphatic carbocycles. The molecule has 0 spiro atoms. The predicted octanol–water partition coefficient (Wildman–Crippen LogP) is 1.23. The highest BCUT2D eigenvalue weighted by Crippen LogP contribution is 2.35. The van der Waals surface area contributed by atoms with Crippen molar-refractivity contribution in [3.8, 4) is 5.75 Å². The maximum atomic E-state index is 12.3. The number of carbonyl (C=O) groups excluding carboxylic acids is 1. The van der Waals surface area contributed by atoms with Gasteiger partial charge in [-0.25, -0.2) is 4.79 Å². The number of phenols is 1. The molecule has 1 aliphatic heterocycles. The van der Waals surface area contributed by atoms with E-state index in [0.717, 1.165) is 0 Å². The molecule has 2 heterocycles. The van der Waals surface area contributed by atoms with E-state index < -0.39 is 12.0 Å². The van der Waals surface area contributed by atoms with E-state index in [1.807, 2.05) is 0 Å². The zero-order valence-electron chi connectivity index (χ0n) is 12.1. The summed E-state index contributed by atoms with van der Waals surface area (Å²) in [6, 6.07) is 6.08. The summed E-state index contributed by atoms with van der Waals surface area (Å²) in [6.07, 6.45) is 0. The number of fused-ring (bicyclic) bond motifs is 1. The normalized spacial score (nSPS) is 16.9. The fourth-order valence-corrected chi connectivity index (χ4v) is 2.49. The first kappa shape index (κ1) is 14.1. The highest BCUT2D eigenvalue weighted by atomic mass is 16.5. The molecule has 0 saturated carbocycles. The molecule has 2 N–H and O–H groups in total. The minimum Gasteiger partial charge on any atom is -0.508 e. The molecule has 8 nitrogen and oxygen atoms in total. The van der Waals surface area contributed by atoms with Gasteiger partial charge in [0.2, 0.25) is 5.95 Å². The van der Waals surface area contributed by atoms with Gasteiger partial charge in [0.05, 0.1) is 12.2 Å². The van der Waals surface area contributed by atoms with Crippen LogP contribution in [0, 0.1) is 0 Å². The van der Waals surface area contributed by atoms with Crippen LogP contribution in [-0.4, -0.2) is 37.9 Å². The van der Waals surface area contributed by atoms with Gasteiger partial charge in [0.1, 0.15) is 11.8 Å². The smallest absolute Gasteiger partial charge is 0.338 e. The number of rotatable bonds is 3. The molecule has 0 radical (unpaired) electrons. The standard InChI is InChI=1S/C14H15N5O3/c1-3-22-13(21)11-8(2)15-14-16-17-18-19(14)12(11)9-5-4-6-10(20)7-9/h4-7,12,20H,3H2,1-2H3,(H,15,16,18). The molecule has 8 heteroatoms. The van der Waals surface area contributed by atoms with E-state index in [1.165, 1.54) is 4.68 Å². The fraction of sp³-hybridized carbons (Fsp3) is 0.286. The number of anilines is 1. The Kier molecular flexibility index (Phi) is 3.50. The summed E-state index contributed by atoms with van der Waals surface area (Å²) in [4.78, 5) is 12.3. The quantitative estimate of drug-likeness (QED) is 0.822. The number of carbonyl (C=O) groups is 1. The molecule has 0 saturated heterocycles. The van der Waals surface area contributed by atoms with Crippen LogP contribution >= 0.6 is 0 Å². The number of hydrogen-bond donors (Lipinski definition) is 2. The van der Waals surface area contributed by atoms with Gasteiger partial charge in [-0.15, -0.1) is 0 Å². The van der Waals surface area contributed by atoms with Gasteiger partial charge in [0.15, 0.2) is 0 Å². The summed E-state index contributed by atoms with van der Waals surface area (Å²) < 4.78 is 6.64. The third-order valence-electron chi connectivity index (χ3n) is 3.40. The predicted molar refractivity (Wildman–Crippen MR) is 77.0 cm³/mol. The molecule has 1 unspecified atom stereocenters. The zero-order chi connectivity index (χ0) is 15.7. The maximum absolute atomic E-state index is 12.3. The fourth-order valence-electron chi connectivity index (χ4n) is 2.49. The van der Waals surface area contributed by atoms with Crippen molar-refractivity contribution in [1.82, 2.24) is 20.2 Å². The van der Waals surface area contributed by atoms with Gasteiger partial charge >= 0.3 is 5.97 Å². The molecule has 22 heavy (non-hydrogen) atoms. The largest absolute Gasteiger partial charge is 0.508 e. The van der Waals surface area contributed by atoms with Gasteiger partial charge in [-0.05, 0) is 42.0 Å². The van der Waals surface area contributed by atoms with Crippen LogP contribution in [0.4, 0.5) is 5.95 Å². The lowest BCUT2D eigenvalue weighted by atomic mass is 9.95. The van der Waals surface area contributed by atoms with E-state index in [4.69, 9.17) is 4.74 Å². The number of hydrogen-bond acceptors (Lipinski definition) is 7. The number of aromatic nitrogens is 4. The molecule has 0 bridgehead atoms. The van der Waals surface area contributed by atoms with Crippen molar-refractivity contribution in [2.75, 3.05) is 11.9 Å². The highest BCUT2D eigenvalue weighted by Gasteiger charge is 2.34. The topological polar surface area (TPSA) is 102 Å². The van der Waals surface area contributed by atoms with Crippen LogP contribution in [0.3, 0.4) is 0 Å². The van der Waals surface area contributed by atoms with Crippen LogP contribution in [0.1, 0.15) is 25.5 Å². The number of benzene rings is 1.